The van der Waals surface area contributed by atoms with E-state index in [9.17, 15) is 0 Å². The van der Waals surface area contributed by atoms with Crippen molar-refractivity contribution < 1.29 is 9.47 Å². The Morgan fingerprint density at radius 1 is 1.31 bits per heavy atom. The Morgan fingerprint density at radius 2 is 2.08 bits per heavy atom. The van der Waals surface area contributed by atoms with Crippen LogP contribution in [0.2, 0.25) is 0 Å². The smallest absolute Gasteiger partial charge is 0.0780 e. The molecule has 3 nitrogen and oxygen atoms in total. The van der Waals surface area contributed by atoms with Crippen LogP contribution in [0.5, 0.6) is 0 Å². The first kappa shape index (κ1) is 12.9. The Balaban J connectivity index is 3.03. The zero-order valence-corrected chi connectivity index (χ0v) is 9.14. The van der Waals surface area contributed by atoms with Crippen molar-refractivity contribution in [1.29, 1.82) is 0 Å². The van der Waals surface area contributed by atoms with Crippen molar-refractivity contribution in [3.8, 4) is 0 Å². The zero-order valence-electron chi connectivity index (χ0n) is 9.14. The van der Waals surface area contributed by atoms with Gasteiger partial charge in [0, 0.05) is 13.2 Å². The summed E-state index contributed by atoms with van der Waals surface area (Å²) in [6.07, 6.45) is 1.30. The minimum absolute atomic E-state index is 0.224. The summed E-state index contributed by atoms with van der Waals surface area (Å²) in [5, 5.41) is 3.25. The third kappa shape index (κ3) is 9.80. The topological polar surface area (TPSA) is 30.5 Å². The van der Waals surface area contributed by atoms with Crippen LogP contribution in [0.1, 0.15) is 27.2 Å². The van der Waals surface area contributed by atoms with Crippen LogP contribution in [-0.2, 0) is 9.47 Å². The van der Waals surface area contributed by atoms with E-state index in [1.54, 1.807) is 0 Å². The summed E-state index contributed by atoms with van der Waals surface area (Å²) < 4.78 is 10.8. The van der Waals surface area contributed by atoms with Crippen LogP contribution in [0, 0.1) is 0 Å². The third-order valence-electron chi connectivity index (χ3n) is 1.71. The number of rotatable bonds is 9. The van der Waals surface area contributed by atoms with Crippen molar-refractivity contribution in [3.63, 3.8) is 0 Å². The fourth-order valence-electron chi connectivity index (χ4n) is 0.990. The SMILES string of the molecule is CCNCCCOC(C)COCC. The predicted molar refractivity (Wildman–Crippen MR) is 55.1 cm³/mol. The van der Waals surface area contributed by atoms with Crippen LogP contribution in [0.15, 0.2) is 0 Å². The second kappa shape index (κ2) is 9.96. The van der Waals surface area contributed by atoms with E-state index in [1.807, 2.05) is 13.8 Å². The van der Waals surface area contributed by atoms with Gasteiger partial charge in [-0.3, -0.25) is 0 Å². The molecule has 0 heterocycles. The second-order valence-electron chi connectivity index (χ2n) is 3.05. The average Bonchev–Trinajstić information content (AvgIpc) is 2.14. The molecular weight excluding hydrogens is 166 g/mol. The van der Waals surface area contributed by atoms with Crippen molar-refractivity contribution in [1.82, 2.24) is 5.32 Å². The van der Waals surface area contributed by atoms with Gasteiger partial charge in [-0.1, -0.05) is 6.92 Å². The van der Waals surface area contributed by atoms with Crippen LogP contribution in [0.3, 0.4) is 0 Å². The number of hydrogen-bond donors (Lipinski definition) is 1. The summed E-state index contributed by atoms with van der Waals surface area (Å²) in [6.45, 7) is 10.5. The van der Waals surface area contributed by atoms with Crippen LogP contribution in [0.25, 0.3) is 0 Å². The maximum absolute atomic E-state index is 5.53. The minimum atomic E-state index is 0.224. The molecule has 0 bridgehead atoms. The van der Waals surface area contributed by atoms with Crippen molar-refractivity contribution in [3.05, 3.63) is 0 Å². The predicted octanol–water partition coefficient (Wildman–Crippen LogP) is 1.43. The highest BCUT2D eigenvalue weighted by atomic mass is 16.5. The van der Waals surface area contributed by atoms with Gasteiger partial charge in [-0.05, 0) is 33.4 Å². The quantitative estimate of drug-likeness (QED) is 0.557. The highest BCUT2D eigenvalue weighted by molar-refractivity contribution is 4.48. The van der Waals surface area contributed by atoms with Crippen molar-refractivity contribution in [2.24, 2.45) is 0 Å². The van der Waals surface area contributed by atoms with Gasteiger partial charge in [-0.25, -0.2) is 0 Å². The van der Waals surface area contributed by atoms with Gasteiger partial charge < -0.3 is 14.8 Å². The lowest BCUT2D eigenvalue weighted by molar-refractivity contribution is -0.00389. The number of ether oxygens (including phenoxy) is 2. The van der Waals surface area contributed by atoms with Crippen molar-refractivity contribution in [2.75, 3.05) is 32.9 Å². The summed E-state index contributed by atoms with van der Waals surface area (Å²) >= 11 is 0. The molecule has 0 aliphatic rings. The monoisotopic (exact) mass is 189 g/mol. The molecule has 1 atom stereocenters. The number of hydrogen-bond acceptors (Lipinski definition) is 3. The summed E-state index contributed by atoms with van der Waals surface area (Å²) in [6, 6.07) is 0. The molecule has 0 aliphatic heterocycles. The first-order chi connectivity index (χ1) is 6.31. The van der Waals surface area contributed by atoms with Gasteiger partial charge in [0.05, 0.1) is 12.7 Å². The van der Waals surface area contributed by atoms with Crippen LogP contribution in [-0.4, -0.2) is 39.0 Å². The van der Waals surface area contributed by atoms with E-state index in [4.69, 9.17) is 9.47 Å². The van der Waals surface area contributed by atoms with Gasteiger partial charge in [0.25, 0.3) is 0 Å². The first-order valence-corrected chi connectivity index (χ1v) is 5.21. The molecule has 1 N–H and O–H groups in total. The van der Waals surface area contributed by atoms with Gasteiger partial charge in [-0.15, -0.1) is 0 Å². The van der Waals surface area contributed by atoms with Crippen LogP contribution in [0.4, 0.5) is 0 Å². The van der Waals surface area contributed by atoms with Crippen LogP contribution < -0.4 is 5.32 Å². The summed E-state index contributed by atoms with van der Waals surface area (Å²) in [7, 11) is 0. The van der Waals surface area contributed by atoms with E-state index in [0.717, 1.165) is 32.7 Å². The van der Waals surface area contributed by atoms with Gasteiger partial charge >= 0.3 is 0 Å². The van der Waals surface area contributed by atoms with Crippen molar-refractivity contribution in [2.45, 2.75) is 33.3 Å². The molecule has 0 saturated carbocycles. The molecule has 0 aromatic rings. The molecule has 0 aromatic heterocycles. The fourth-order valence-corrected chi connectivity index (χ4v) is 0.990. The normalized spacial score (nSPS) is 13.2. The Bertz CT molecular complexity index is 98.9. The largest absolute Gasteiger partial charge is 0.379 e. The zero-order chi connectivity index (χ0) is 9.94. The molecule has 0 amide bonds. The molecule has 0 spiro atoms. The summed E-state index contributed by atoms with van der Waals surface area (Å²) in [4.78, 5) is 0. The van der Waals surface area contributed by atoms with E-state index in [1.165, 1.54) is 0 Å². The highest BCUT2D eigenvalue weighted by Crippen LogP contribution is 1.93. The Morgan fingerprint density at radius 3 is 2.69 bits per heavy atom. The molecule has 1 unspecified atom stereocenters. The molecule has 80 valence electrons. The van der Waals surface area contributed by atoms with E-state index in [0.29, 0.717) is 6.61 Å². The average molecular weight is 189 g/mol. The molecule has 0 rings (SSSR count). The molecular formula is C10H23NO2. The van der Waals surface area contributed by atoms with Crippen molar-refractivity contribution >= 4 is 0 Å². The lowest BCUT2D eigenvalue weighted by atomic mass is 10.4. The summed E-state index contributed by atoms with van der Waals surface area (Å²) in [5.74, 6) is 0. The molecule has 0 aliphatic carbocycles. The standard InChI is InChI=1S/C10H23NO2/c1-4-11-7-6-8-13-10(3)9-12-5-2/h10-11H,4-9H2,1-3H3. The molecule has 0 saturated heterocycles. The van der Waals surface area contributed by atoms with Crippen LogP contribution >= 0.6 is 0 Å². The highest BCUT2D eigenvalue weighted by Gasteiger charge is 2.00. The minimum Gasteiger partial charge on any atom is -0.379 e. The van der Waals surface area contributed by atoms with Gasteiger partial charge in [-0.2, -0.15) is 0 Å². The fraction of sp³-hybridized carbons (Fsp3) is 1.00. The van der Waals surface area contributed by atoms with E-state index >= 15 is 0 Å². The maximum atomic E-state index is 5.53. The lowest BCUT2D eigenvalue weighted by Gasteiger charge is -2.12. The summed E-state index contributed by atoms with van der Waals surface area (Å²) in [5.41, 5.74) is 0. The molecule has 0 radical (unpaired) electrons. The molecule has 0 fully saturated rings. The lowest BCUT2D eigenvalue weighted by Crippen LogP contribution is -2.20. The Labute approximate surface area is 81.8 Å². The van der Waals surface area contributed by atoms with Gasteiger partial charge in [0.15, 0.2) is 0 Å². The molecule has 3 heteroatoms. The van der Waals surface area contributed by atoms with E-state index < -0.39 is 0 Å². The maximum Gasteiger partial charge on any atom is 0.0780 e. The van der Waals surface area contributed by atoms with E-state index in [2.05, 4.69) is 12.2 Å². The number of nitrogens with one attached hydrogen (secondary N) is 1. The van der Waals surface area contributed by atoms with Gasteiger partial charge in [0.2, 0.25) is 0 Å². The molecule has 13 heavy (non-hydrogen) atoms. The Hall–Kier alpha value is -0.120. The first-order valence-electron chi connectivity index (χ1n) is 5.21. The third-order valence-corrected chi connectivity index (χ3v) is 1.71. The molecule has 0 aromatic carbocycles. The Kier molecular flexibility index (Phi) is 9.87. The van der Waals surface area contributed by atoms with Gasteiger partial charge in [0.1, 0.15) is 0 Å². The van der Waals surface area contributed by atoms with E-state index in [-0.39, 0.29) is 6.10 Å². The second-order valence-corrected chi connectivity index (χ2v) is 3.05.